The Morgan fingerprint density at radius 2 is 2.14 bits per heavy atom. The molecule has 0 saturated carbocycles. The van der Waals surface area contributed by atoms with E-state index in [9.17, 15) is 9.90 Å². The molecule has 1 N–H and O–H groups in total. The second-order valence-corrected chi connectivity index (χ2v) is 5.50. The Bertz CT molecular complexity index is 604. The summed E-state index contributed by atoms with van der Waals surface area (Å²) in [6.07, 6.45) is 2.90. The van der Waals surface area contributed by atoms with Gasteiger partial charge in [-0.3, -0.25) is 4.79 Å². The zero-order chi connectivity index (χ0) is 16.9. The molecule has 4 heteroatoms. The summed E-state index contributed by atoms with van der Waals surface area (Å²) in [7, 11) is 1.54. The van der Waals surface area contributed by atoms with Gasteiger partial charge in [0.1, 0.15) is 5.41 Å². The maximum absolute atomic E-state index is 12.3. The molecule has 0 aliphatic rings. The average Bonchev–Trinajstić information content (AvgIpc) is 2.46. The number of carboxylic acids is 1. The van der Waals surface area contributed by atoms with E-state index < -0.39 is 11.4 Å². The number of aryl methyl sites for hydroxylation is 1. The van der Waals surface area contributed by atoms with E-state index in [2.05, 4.69) is 11.6 Å². The molecule has 1 heterocycles. The standard InChI is InChI=1S/C18H25NO3/c1-7-14(8-2)18(17(20)21,11-12(3)4)15-9-10-16(22-6)19-13(15)5/h7,9-10H,3,8,11H2,1-2,4-6H3,(H,20,21)/b14-7+/t18-/m1/s1. The summed E-state index contributed by atoms with van der Waals surface area (Å²) >= 11 is 0. The predicted octanol–water partition coefficient (Wildman–Crippen LogP) is 4.04. The first-order chi connectivity index (χ1) is 10.3. The molecule has 0 bridgehead atoms. The smallest absolute Gasteiger partial charge is 0.318 e. The van der Waals surface area contributed by atoms with Crippen LogP contribution in [0.5, 0.6) is 5.88 Å². The number of rotatable bonds is 7. The molecule has 0 fully saturated rings. The monoisotopic (exact) mass is 303 g/mol. The van der Waals surface area contributed by atoms with E-state index in [1.54, 1.807) is 19.2 Å². The van der Waals surface area contributed by atoms with Gasteiger partial charge in [-0.2, -0.15) is 0 Å². The van der Waals surface area contributed by atoms with Gasteiger partial charge < -0.3 is 9.84 Å². The summed E-state index contributed by atoms with van der Waals surface area (Å²) < 4.78 is 5.13. The number of pyridine rings is 1. The van der Waals surface area contributed by atoms with Crippen molar-refractivity contribution in [1.82, 2.24) is 4.98 Å². The van der Waals surface area contributed by atoms with Crippen LogP contribution in [0.1, 0.15) is 44.9 Å². The van der Waals surface area contributed by atoms with Gasteiger partial charge >= 0.3 is 5.97 Å². The number of hydrogen-bond acceptors (Lipinski definition) is 3. The van der Waals surface area contributed by atoms with Crippen molar-refractivity contribution in [2.75, 3.05) is 7.11 Å². The zero-order valence-corrected chi connectivity index (χ0v) is 14.1. The summed E-state index contributed by atoms with van der Waals surface area (Å²) in [5.41, 5.74) is 1.91. The Morgan fingerprint density at radius 3 is 2.50 bits per heavy atom. The van der Waals surface area contributed by atoms with Gasteiger partial charge in [-0.1, -0.05) is 30.2 Å². The van der Waals surface area contributed by atoms with Gasteiger partial charge in [0.25, 0.3) is 0 Å². The number of aliphatic carboxylic acids is 1. The largest absolute Gasteiger partial charge is 0.481 e. The lowest BCUT2D eigenvalue weighted by atomic mass is 9.68. The number of carbonyl (C=O) groups is 1. The highest BCUT2D eigenvalue weighted by molar-refractivity contribution is 5.86. The van der Waals surface area contributed by atoms with Crippen LogP contribution >= 0.6 is 0 Å². The molecule has 0 unspecified atom stereocenters. The lowest BCUT2D eigenvalue weighted by Crippen LogP contribution is -2.39. The Morgan fingerprint density at radius 1 is 1.50 bits per heavy atom. The predicted molar refractivity (Wildman–Crippen MR) is 88.3 cm³/mol. The number of ether oxygens (including phenoxy) is 1. The lowest BCUT2D eigenvalue weighted by Gasteiger charge is -2.33. The molecule has 0 radical (unpaired) electrons. The number of aromatic nitrogens is 1. The topological polar surface area (TPSA) is 59.4 Å². The number of carboxylic acid groups (broad SMARTS) is 1. The quantitative estimate of drug-likeness (QED) is 0.772. The zero-order valence-electron chi connectivity index (χ0n) is 14.1. The summed E-state index contributed by atoms with van der Waals surface area (Å²) in [6.45, 7) is 11.4. The highest BCUT2D eigenvalue weighted by Gasteiger charge is 2.44. The van der Waals surface area contributed by atoms with E-state index >= 15 is 0 Å². The van der Waals surface area contributed by atoms with Crippen molar-refractivity contribution in [3.05, 3.63) is 47.2 Å². The maximum Gasteiger partial charge on any atom is 0.318 e. The van der Waals surface area contributed by atoms with Crippen LogP contribution < -0.4 is 4.74 Å². The van der Waals surface area contributed by atoms with Crippen LogP contribution in [-0.4, -0.2) is 23.2 Å². The number of methoxy groups -OCH3 is 1. The second kappa shape index (κ2) is 7.25. The van der Waals surface area contributed by atoms with E-state index in [1.807, 2.05) is 33.8 Å². The second-order valence-electron chi connectivity index (χ2n) is 5.50. The minimum Gasteiger partial charge on any atom is -0.481 e. The fourth-order valence-corrected chi connectivity index (χ4v) is 3.02. The van der Waals surface area contributed by atoms with Gasteiger partial charge in [-0.05, 0) is 39.2 Å². The van der Waals surface area contributed by atoms with Crippen LogP contribution in [0.15, 0.2) is 35.9 Å². The van der Waals surface area contributed by atoms with E-state index in [0.717, 1.165) is 11.1 Å². The highest BCUT2D eigenvalue weighted by Crippen LogP contribution is 2.41. The fraction of sp³-hybridized carbons (Fsp3) is 0.444. The SMILES string of the molecule is C=C(C)C[C@@](C(=O)O)(/C(=C/C)CC)c1ccc(OC)nc1C. The molecule has 0 aromatic carbocycles. The lowest BCUT2D eigenvalue weighted by molar-refractivity contribution is -0.142. The third kappa shape index (κ3) is 3.21. The molecule has 1 atom stereocenters. The third-order valence-corrected chi connectivity index (χ3v) is 3.94. The first-order valence-corrected chi connectivity index (χ1v) is 7.39. The van der Waals surface area contributed by atoms with E-state index in [4.69, 9.17) is 4.74 Å². The molecular weight excluding hydrogens is 278 g/mol. The van der Waals surface area contributed by atoms with E-state index in [0.29, 0.717) is 30.0 Å². The Hall–Kier alpha value is -2.10. The Balaban J connectivity index is 3.68. The summed E-state index contributed by atoms with van der Waals surface area (Å²) in [5, 5.41) is 10.1. The van der Waals surface area contributed by atoms with Crippen LogP contribution in [0.4, 0.5) is 0 Å². The molecule has 1 aromatic heterocycles. The number of nitrogens with zero attached hydrogens (tertiary/aromatic N) is 1. The number of hydrogen-bond donors (Lipinski definition) is 1. The summed E-state index contributed by atoms with van der Waals surface area (Å²) in [6, 6.07) is 3.51. The summed E-state index contributed by atoms with van der Waals surface area (Å²) in [4.78, 5) is 16.6. The summed E-state index contributed by atoms with van der Waals surface area (Å²) in [5.74, 6) is -0.394. The molecule has 22 heavy (non-hydrogen) atoms. The van der Waals surface area contributed by atoms with Gasteiger partial charge in [0, 0.05) is 11.8 Å². The molecule has 0 aliphatic heterocycles. The van der Waals surface area contributed by atoms with Crippen molar-refractivity contribution in [1.29, 1.82) is 0 Å². The van der Waals surface area contributed by atoms with Crippen molar-refractivity contribution >= 4 is 5.97 Å². The Labute approximate surface area is 132 Å². The maximum atomic E-state index is 12.3. The molecular formula is C18H25NO3. The van der Waals surface area contributed by atoms with Gasteiger partial charge in [-0.25, -0.2) is 4.98 Å². The molecule has 0 spiro atoms. The van der Waals surface area contributed by atoms with Crippen LogP contribution in [0.3, 0.4) is 0 Å². The van der Waals surface area contributed by atoms with Gasteiger partial charge in [0.2, 0.25) is 5.88 Å². The average molecular weight is 303 g/mol. The van der Waals surface area contributed by atoms with Crippen molar-refractivity contribution < 1.29 is 14.6 Å². The van der Waals surface area contributed by atoms with Crippen molar-refractivity contribution in [3.8, 4) is 5.88 Å². The highest BCUT2D eigenvalue weighted by atomic mass is 16.5. The van der Waals surface area contributed by atoms with E-state index in [-0.39, 0.29) is 0 Å². The van der Waals surface area contributed by atoms with Crippen LogP contribution in [-0.2, 0) is 10.2 Å². The van der Waals surface area contributed by atoms with Gasteiger partial charge in [-0.15, -0.1) is 6.58 Å². The van der Waals surface area contributed by atoms with Gasteiger partial charge in [0.05, 0.1) is 7.11 Å². The van der Waals surface area contributed by atoms with E-state index in [1.165, 1.54) is 0 Å². The van der Waals surface area contributed by atoms with Gasteiger partial charge in [0.15, 0.2) is 0 Å². The van der Waals surface area contributed by atoms with Crippen LogP contribution in [0.25, 0.3) is 0 Å². The minimum absolute atomic E-state index is 0.352. The Kier molecular flexibility index (Phi) is 5.92. The van der Waals surface area contributed by atoms with Crippen LogP contribution in [0, 0.1) is 6.92 Å². The first-order valence-electron chi connectivity index (χ1n) is 7.39. The molecule has 1 rings (SSSR count). The van der Waals surface area contributed by atoms with Crippen molar-refractivity contribution in [2.45, 2.75) is 46.0 Å². The molecule has 0 amide bonds. The number of allylic oxidation sites excluding steroid dienone is 2. The van der Waals surface area contributed by atoms with Crippen LogP contribution in [0.2, 0.25) is 0 Å². The normalized spacial score (nSPS) is 14.3. The molecule has 1 aromatic rings. The van der Waals surface area contributed by atoms with Crippen molar-refractivity contribution in [2.24, 2.45) is 0 Å². The molecule has 4 nitrogen and oxygen atoms in total. The molecule has 0 saturated heterocycles. The third-order valence-electron chi connectivity index (χ3n) is 3.94. The first kappa shape index (κ1) is 18.0. The molecule has 0 aliphatic carbocycles. The molecule has 120 valence electrons. The minimum atomic E-state index is -1.13. The van der Waals surface area contributed by atoms with Crippen molar-refractivity contribution in [3.63, 3.8) is 0 Å². The fourth-order valence-electron chi connectivity index (χ4n) is 3.02.